The van der Waals surface area contributed by atoms with Gasteiger partial charge in [-0.15, -0.1) is 0 Å². The van der Waals surface area contributed by atoms with Crippen LogP contribution < -0.4 is 0 Å². The molecule has 0 amide bonds. The van der Waals surface area contributed by atoms with E-state index >= 15 is 0 Å². The molecule has 0 spiro atoms. The van der Waals surface area contributed by atoms with E-state index in [1.54, 1.807) is 0 Å². The summed E-state index contributed by atoms with van der Waals surface area (Å²) in [5.74, 6) is 2.62. The van der Waals surface area contributed by atoms with Crippen LogP contribution in [0.5, 0.6) is 0 Å². The Balaban J connectivity index is 0.000000137. The summed E-state index contributed by atoms with van der Waals surface area (Å²) in [5.41, 5.74) is 29.2. The molecule has 0 saturated carbocycles. The molecular formula is C115H71N9O2. The minimum atomic E-state index is 0.629. The molecule has 8 heterocycles. The fourth-order valence-electron chi connectivity index (χ4n) is 19.3. The summed E-state index contributed by atoms with van der Waals surface area (Å²) in [7, 11) is 0. The van der Waals surface area contributed by atoms with Gasteiger partial charge in [-0.05, 0) is 150 Å². The Morgan fingerprint density at radius 3 is 0.968 bits per heavy atom. The average Bonchev–Trinajstić information content (AvgIpc) is 1.57. The SMILES string of the molecule is c1ccc(-c2cc(-c3cccc(-n4c5ccccc5c5c(-c6ccc7c(c6)c6ccccc6n7-c6cccc7c6oc6ccccc67)cccc54)c3)nc(-c3ccccc3)n2)cc1.c1ccc(-c2nc(-c3ccccc3)nc(-c3ccc(-n4c5ccccc5c5c(-c6ccc7c(c6)c6ccccc6n7-c6cccc7c6oc6ccccc67)cccc54)cc3)n2)cc1. The Bertz CT molecular complexity index is 8730. The van der Waals surface area contributed by atoms with Gasteiger partial charge in [0.2, 0.25) is 0 Å². The molecule has 0 aliphatic carbocycles. The Morgan fingerprint density at radius 1 is 0.175 bits per heavy atom. The summed E-state index contributed by atoms with van der Waals surface area (Å²) in [6.07, 6.45) is 0. The summed E-state index contributed by atoms with van der Waals surface area (Å²) < 4.78 is 22.6. The van der Waals surface area contributed by atoms with E-state index in [9.17, 15) is 0 Å². The molecule has 11 heteroatoms. The smallest absolute Gasteiger partial charge is 0.164 e. The zero-order chi connectivity index (χ0) is 82.9. The second-order valence-electron chi connectivity index (χ2n) is 32.1. The van der Waals surface area contributed by atoms with Gasteiger partial charge in [0.05, 0.1) is 66.9 Å². The van der Waals surface area contributed by atoms with Crippen molar-refractivity contribution >= 4 is 131 Å². The number of hydrogen-bond donors (Lipinski definition) is 0. The van der Waals surface area contributed by atoms with E-state index in [2.05, 4.69) is 340 Å². The molecule has 0 aliphatic heterocycles. The lowest BCUT2D eigenvalue weighted by atomic mass is 9.98. The van der Waals surface area contributed by atoms with Crippen molar-refractivity contribution in [3.05, 3.63) is 431 Å². The van der Waals surface area contributed by atoms with Crippen molar-refractivity contribution in [2.75, 3.05) is 0 Å². The van der Waals surface area contributed by atoms with Crippen LogP contribution in [0.3, 0.4) is 0 Å². The van der Waals surface area contributed by atoms with Gasteiger partial charge in [0.1, 0.15) is 11.2 Å². The van der Waals surface area contributed by atoms with Gasteiger partial charge in [-0.3, -0.25) is 0 Å². The minimum absolute atomic E-state index is 0.629. The highest BCUT2D eigenvalue weighted by Gasteiger charge is 2.26. The quantitative estimate of drug-likeness (QED) is 0.120. The van der Waals surface area contributed by atoms with Crippen LogP contribution in [0.25, 0.3) is 244 Å². The molecule has 0 saturated heterocycles. The lowest BCUT2D eigenvalue weighted by molar-refractivity contribution is 0.666. The van der Waals surface area contributed by atoms with Crippen LogP contribution in [-0.4, -0.2) is 43.2 Å². The molecule has 0 unspecified atom stereocenters. The van der Waals surface area contributed by atoms with Gasteiger partial charge >= 0.3 is 0 Å². The highest BCUT2D eigenvalue weighted by molar-refractivity contribution is 6.21. The number of benzene rings is 18. The van der Waals surface area contributed by atoms with E-state index in [0.29, 0.717) is 23.3 Å². The summed E-state index contributed by atoms with van der Waals surface area (Å²) in [6, 6.07) is 152. The van der Waals surface area contributed by atoms with E-state index in [0.717, 1.165) is 167 Å². The number of para-hydroxylation sites is 8. The first-order valence-electron chi connectivity index (χ1n) is 42.5. The lowest BCUT2D eigenvalue weighted by Gasteiger charge is -2.12. The molecule has 18 aromatic carbocycles. The van der Waals surface area contributed by atoms with Crippen LogP contribution in [0, 0.1) is 0 Å². The number of furan rings is 2. The van der Waals surface area contributed by atoms with Crippen molar-refractivity contribution in [1.82, 2.24) is 43.2 Å². The summed E-state index contributed by atoms with van der Waals surface area (Å²) in [5, 5.41) is 14.1. The molecule has 0 radical (unpaired) electrons. The van der Waals surface area contributed by atoms with Crippen molar-refractivity contribution in [2.24, 2.45) is 0 Å². The molecule has 0 atom stereocenters. The predicted molar refractivity (Wildman–Crippen MR) is 517 cm³/mol. The van der Waals surface area contributed by atoms with E-state index in [-0.39, 0.29) is 0 Å². The normalized spacial score (nSPS) is 11.8. The van der Waals surface area contributed by atoms with Crippen LogP contribution in [0.15, 0.2) is 440 Å². The fraction of sp³-hybridized carbons (Fsp3) is 0. The summed E-state index contributed by atoms with van der Waals surface area (Å²) in [6.45, 7) is 0. The molecular weight excluding hydrogens is 1540 g/mol. The van der Waals surface area contributed by atoms with Gasteiger partial charge < -0.3 is 27.1 Å². The molecule has 126 heavy (non-hydrogen) atoms. The van der Waals surface area contributed by atoms with Gasteiger partial charge in [-0.2, -0.15) is 0 Å². The standard InChI is InChI=1S/C58H36N4O.C57H35N5O/c1-3-16-37(17-4-1)48-36-49(60-58(59-48)38-18-5-2-6-19-38)40-20-13-21-41(34-40)61-51-28-11-8-24-46(51)56-42(25-14-29-53(56)61)39-32-33-52-47(35-39)43-22-7-10-27-50(43)62(52)54-30-15-26-45-44-23-9-12-31-55(44)63-57(45)54;1-3-15-36(16-4-1)55-58-56(37-17-5-2-6-18-37)60-57(59-55)38-29-32-40(33-30-38)61-48-25-11-8-21-45(48)53-41(22-13-26-50(53)61)39-31-34-49-46(35-39)42-19-7-10-24-47(42)62(49)51-27-14-23-44-43-20-9-12-28-52(43)63-54(44)51/h1-36H;1-35H. The molecule has 0 bridgehead atoms. The van der Waals surface area contributed by atoms with E-state index in [1.807, 2.05) is 109 Å². The Labute approximate surface area is 722 Å². The topological polar surface area (TPSA) is 110 Å². The first-order chi connectivity index (χ1) is 62.5. The number of nitrogens with zero attached hydrogens (tertiary/aromatic N) is 9. The Morgan fingerprint density at radius 2 is 0.500 bits per heavy atom. The van der Waals surface area contributed by atoms with Crippen LogP contribution in [0.1, 0.15) is 0 Å². The zero-order valence-corrected chi connectivity index (χ0v) is 67.8. The number of rotatable bonds is 12. The largest absolute Gasteiger partial charge is 0.454 e. The number of fused-ring (bicyclic) bond motifs is 18. The maximum atomic E-state index is 6.58. The summed E-state index contributed by atoms with van der Waals surface area (Å²) in [4.78, 5) is 25.1. The van der Waals surface area contributed by atoms with Crippen LogP contribution in [-0.2, 0) is 0 Å². The predicted octanol–water partition coefficient (Wildman–Crippen LogP) is 29.9. The maximum absolute atomic E-state index is 6.58. The lowest BCUT2D eigenvalue weighted by Crippen LogP contribution is -2.00. The van der Waals surface area contributed by atoms with Gasteiger partial charge in [-0.1, -0.05) is 303 Å². The third kappa shape index (κ3) is 11.8. The molecule has 11 nitrogen and oxygen atoms in total. The van der Waals surface area contributed by atoms with Crippen LogP contribution in [0.2, 0.25) is 0 Å². The molecule has 0 aliphatic rings. The van der Waals surface area contributed by atoms with Crippen molar-refractivity contribution in [3.63, 3.8) is 0 Å². The maximum Gasteiger partial charge on any atom is 0.164 e. The van der Waals surface area contributed by atoms with E-state index in [4.69, 9.17) is 33.8 Å². The van der Waals surface area contributed by atoms with Gasteiger partial charge in [0.25, 0.3) is 0 Å². The monoisotopic (exact) mass is 1610 g/mol. The second kappa shape index (κ2) is 29.3. The molecule has 26 aromatic rings. The van der Waals surface area contributed by atoms with E-state index < -0.39 is 0 Å². The van der Waals surface area contributed by atoms with Gasteiger partial charge in [0, 0.05) is 109 Å². The van der Waals surface area contributed by atoms with Crippen LogP contribution in [0.4, 0.5) is 0 Å². The molecule has 0 fully saturated rings. The first-order valence-corrected chi connectivity index (χ1v) is 42.5. The van der Waals surface area contributed by atoms with Gasteiger partial charge in [-0.25, -0.2) is 24.9 Å². The third-order valence-corrected chi connectivity index (χ3v) is 24.9. The van der Waals surface area contributed by atoms with Crippen LogP contribution >= 0.6 is 0 Å². The fourth-order valence-corrected chi connectivity index (χ4v) is 19.3. The first kappa shape index (κ1) is 71.7. The molecule has 26 rings (SSSR count). The summed E-state index contributed by atoms with van der Waals surface area (Å²) >= 11 is 0. The molecule has 8 aromatic heterocycles. The Kier molecular flexibility index (Phi) is 16.7. The van der Waals surface area contributed by atoms with Crippen molar-refractivity contribution in [1.29, 1.82) is 0 Å². The highest BCUT2D eigenvalue weighted by Crippen LogP contribution is 2.47. The molecule has 588 valence electrons. The van der Waals surface area contributed by atoms with Crippen molar-refractivity contribution < 1.29 is 8.83 Å². The van der Waals surface area contributed by atoms with Gasteiger partial charge in [0.15, 0.2) is 34.5 Å². The average molecular weight is 1610 g/mol. The Hall–Kier alpha value is -17.2. The zero-order valence-electron chi connectivity index (χ0n) is 67.8. The highest BCUT2D eigenvalue weighted by atomic mass is 16.3. The second-order valence-corrected chi connectivity index (χ2v) is 32.1. The number of hydrogen-bond acceptors (Lipinski definition) is 7. The third-order valence-electron chi connectivity index (χ3n) is 24.9. The molecule has 0 N–H and O–H groups in total. The minimum Gasteiger partial charge on any atom is -0.454 e. The van der Waals surface area contributed by atoms with E-state index in [1.165, 1.54) is 54.2 Å². The number of aromatic nitrogens is 9. The van der Waals surface area contributed by atoms with Crippen molar-refractivity contribution in [2.45, 2.75) is 0 Å². The van der Waals surface area contributed by atoms with Crippen molar-refractivity contribution in [3.8, 4) is 113 Å².